The normalized spacial score (nSPS) is 21.7. The topological polar surface area (TPSA) is 61.7 Å². The third kappa shape index (κ3) is 3.57. The smallest absolute Gasteiger partial charge is 0.124 e. The molecule has 25 heavy (non-hydrogen) atoms. The Kier molecular flexibility index (Phi) is 5.03. The van der Waals surface area contributed by atoms with Crippen molar-refractivity contribution in [3.8, 4) is 6.07 Å². The lowest BCUT2D eigenvalue weighted by atomic mass is 9.86. The first-order valence-electron chi connectivity index (χ1n) is 9.82. The van der Waals surface area contributed by atoms with Gasteiger partial charge in [-0.25, -0.2) is 4.98 Å². The van der Waals surface area contributed by atoms with Crippen molar-refractivity contribution in [1.29, 1.82) is 5.26 Å². The third-order valence-electron chi connectivity index (χ3n) is 6.02. The minimum absolute atomic E-state index is 0.1000. The summed E-state index contributed by atoms with van der Waals surface area (Å²) in [5.74, 6) is 1.80. The van der Waals surface area contributed by atoms with E-state index in [1.165, 1.54) is 31.2 Å². The summed E-state index contributed by atoms with van der Waals surface area (Å²) in [6.45, 7) is 1.71. The van der Waals surface area contributed by atoms with Gasteiger partial charge in [0.05, 0.1) is 17.1 Å². The average Bonchev–Trinajstić information content (AvgIpc) is 2.88. The fourth-order valence-electron chi connectivity index (χ4n) is 4.51. The van der Waals surface area contributed by atoms with Crippen molar-refractivity contribution in [3.63, 3.8) is 0 Å². The minimum Gasteiger partial charge on any atom is -0.381 e. The van der Waals surface area contributed by atoms with E-state index < -0.39 is 0 Å². The summed E-state index contributed by atoms with van der Waals surface area (Å²) >= 11 is 0. The number of fused-ring (bicyclic) bond motifs is 1. The van der Waals surface area contributed by atoms with Crippen LogP contribution in [0.2, 0.25) is 0 Å². The highest BCUT2D eigenvalue weighted by Gasteiger charge is 2.27. The second-order valence-corrected chi connectivity index (χ2v) is 7.64. The van der Waals surface area contributed by atoms with Crippen LogP contribution >= 0.6 is 0 Å². The van der Waals surface area contributed by atoms with Gasteiger partial charge in [0.1, 0.15) is 11.7 Å². The molecule has 1 unspecified atom stereocenters. The van der Waals surface area contributed by atoms with Gasteiger partial charge in [0.2, 0.25) is 0 Å². The first-order chi connectivity index (χ1) is 12.3. The van der Waals surface area contributed by atoms with Crippen LogP contribution in [0.25, 0.3) is 11.0 Å². The standard InChI is InChI=1S/C21H27N3O/c22-14-18(16-5-3-1-2-4-6-16)21-23-19-8-7-17(13-20(19)24-21)15-9-11-25-12-10-15/h7-8,13,15-16,18H,1-6,9-12H2,(H,23,24). The van der Waals surface area contributed by atoms with E-state index in [0.717, 1.165) is 55.8 Å². The Morgan fingerprint density at radius 2 is 1.84 bits per heavy atom. The van der Waals surface area contributed by atoms with Gasteiger partial charge in [-0.15, -0.1) is 0 Å². The molecule has 1 aromatic heterocycles. The van der Waals surface area contributed by atoms with E-state index in [1.54, 1.807) is 0 Å². The lowest BCUT2D eigenvalue weighted by molar-refractivity contribution is 0.0853. The number of hydrogen-bond acceptors (Lipinski definition) is 3. The molecule has 2 aromatic rings. The molecule has 2 heterocycles. The molecule has 0 amide bonds. The Balaban J connectivity index is 1.60. The second-order valence-electron chi connectivity index (χ2n) is 7.64. The molecule has 1 aliphatic heterocycles. The maximum absolute atomic E-state index is 9.78. The van der Waals surface area contributed by atoms with E-state index in [9.17, 15) is 5.26 Å². The number of nitriles is 1. The van der Waals surface area contributed by atoms with Gasteiger partial charge in [-0.05, 0) is 55.2 Å². The molecule has 2 fully saturated rings. The van der Waals surface area contributed by atoms with Crippen LogP contribution in [0.15, 0.2) is 18.2 Å². The van der Waals surface area contributed by atoms with Crippen molar-refractivity contribution in [3.05, 3.63) is 29.6 Å². The van der Waals surface area contributed by atoms with E-state index in [4.69, 9.17) is 9.72 Å². The number of rotatable bonds is 3. The molecule has 2 aliphatic rings. The highest BCUT2D eigenvalue weighted by Crippen LogP contribution is 2.35. The molecule has 1 N–H and O–H groups in total. The summed E-state index contributed by atoms with van der Waals surface area (Å²) in [6.07, 6.45) is 9.61. The zero-order valence-corrected chi connectivity index (χ0v) is 14.8. The Morgan fingerprint density at radius 1 is 1.08 bits per heavy atom. The van der Waals surface area contributed by atoms with Gasteiger partial charge >= 0.3 is 0 Å². The van der Waals surface area contributed by atoms with Crippen LogP contribution < -0.4 is 0 Å². The number of hydrogen-bond donors (Lipinski definition) is 1. The van der Waals surface area contributed by atoms with Crippen LogP contribution in [0.3, 0.4) is 0 Å². The van der Waals surface area contributed by atoms with E-state index in [1.807, 2.05) is 0 Å². The van der Waals surface area contributed by atoms with Gasteiger partial charge in [0.25, 0.3) is 0 Å². The molecule has 132 valence electrons. The number of aromatic nitrogens is 2. The monoisotopic (exact) mass is 337 g/mol. The minimum atomic E-state index is -0.1000. The summed E-state index contributed by atoms with van der Waals surface area (Å²) in [4.78, 5) is 8.25. The number of H-pyrrole nitrogens is 1. The van der Waals surface area contributed by atoms with Crippen LogP contribution in [0.4, 0.5) is 0 Å². The van der Waals surface area contributed by atoms with Crippen LogP contribution in [0.1, 0.15) is 74.6 Å². The molecule has 1 atom stereocenters. The zero-order valence-electron chi connectivity index (χ0n) is 14.8. The predicted molar refractivity (Wildman–Crippen MR) is 98.4 cm³/mol. The molecule has 1 aliphatic carbocycles. The van der Waals surface area contributed by atoms with Gasteiger partial charge in [0, 0.05) is 13.2 Å². The predicted octanol–water partition coefficient (Wildman–Crippen LogP) is 5.03. The number of imidazole rings is 1. The fourth-order valence-corrected chi connectivity index (χ4v) is 4.51. The third-order valence-corrected chi connectivity index (χ3v) is 6.02. The number of aromatic amines is 1. The van der Waals surface area contributed by atoms with E-state index in [0.29, 0.717) is 11.8 Å². The molecule has 0 spiro atoms. The summed E-state index contributed by atoms with van der Waals surface area (Å²) in [5, 5.41) is 9.78. The largest absolute Gasteiger partial charge is 0.381 e. The fraction of sp³-hybridized carbons (Fsp3) is 0.619. The highest BCUT2D eigenvalue weighted by molar-refractivity contribution is 5.76. The number of benzene rings is 1. The maximum Gasteiger partial charge on any atom is 0.124 e. The summed E-state index contributed by atoms with van der Waals surface area (Å²) in [5.41, 5.74) is 3.43. The van der Waals surface area contributed by atoms with Crippen LogP contribution in [0, 0.1) is 17.2 Å². The van der Waals surface area contributed by atoms with Gasteiger partial charge in [-0.3, -0.25) is 0 Å². The first-order valence-corrected chi connectivity index (χ1v) is 9.82. The zero-order chi connectivity index (χ0) is 17.1. The number of ether oxygens (including phenoxy) is 1. The molecule has 4 nitrogen and oxygen atoms in total. The Bertz CT molecular complexity index is 746. The van der Waals surface area contributed by atoms with E-state index in [-0.39, 0.29) is 5.92 Å². The molecule has 1 saturated heterocycles. The lowest BCUT2D eigenvalue weighted by Gasteiger charge is -2.22. The van der Waals surface area contributed by atoms with Crippen LogP contribution in [-0.4, -0.2) is 23.2 Å². The van der Waals surface area contributed by atoms with Crippen LogP contribution in [-0.2, 0) is 4.74 Å². The van der Waals surface area contributed by atoms with E-state index in [2.05, 4.69) is 29.3 Å². The van der Waals surface area contributed by atoms with Crippen molar-refractivity contribution in [1.82, 2.24) is 9.97 Å². The van der Waals surface area contributed by atoms with Gasteiger partial charge in [-0.2, -0.15) is 5.26 Å². The van der Waals surface area contributed by atoms with Crippen LogP contribution in [0.5, 0.6) is 0 Å². The molecular weight excluding hydrogens is 310 g/mol. The Hall–Kier alpha value is -1.86. The SMILES string of the molecule is N#CC(c1nc2ccc(C3CCOCC3)cc2[nH]1)C1CCCCCC1. The highest BCUT2D eigenvalue weighted by atomic mass is 16.5. The van der Waals surface area contributed by atoms with Crippen molar-refractivity contribution in [2.45, 2.75) is 63.2 Å². The summed E-state index contributed by atoms with van der Waals surface area (Å²) in [7, 11) is 0. The molecular formula is C21H27N3O. The van der Waals surface area contributed by atoms with Crippen molar-refractivity contribution in [2.24, 2.45) is 5.92 Å². The maximum atomic E-state index is 9.78. The van der Waals surface area contributed by atoms with Gasteiger partial charge in [0.15, 0.2) is 0 Å². The molecule has 0 bridgehead atoms. The van der Waals surface area contributed by atoms with Crippen molar-refractivity contribution in [2.75, 3.05) is 13.2 Å². The first kappa shape index (κ1) is 16.6. The molecule has 4 rings (SSSR count). The average molecular weight is 337 g/mol. The Morgan fingerprint density at radius 3 is 2.56 bits per heavy atom. The molecule has 4 heteroatoms. The van der Waals surface area contributed by atoms with Gasteiger partial charge in [-0.1, -0.05) is 31.7 Å². The quantitative estimate of drug-likeness (QED) is 0.799. The van der Waals surface area contributed by atoms with E-state index >= 15 is 0 Å². The van der Waals surface area contributed by atoms with Crippen molar-refractivity contribution < 1.29 is 4.74 Å². The lowest BCUT2D eigenvalue weighted by Crippen LogP contribution is -2.13. The molecule has 1 aromatic carbocycles. The summed E-state index contributed by atoms with van der Waals surface area (Å²) < 4.78 is 5.48. The number of nitrogens with zero attached hydrogens (tertiary/aromatic N) is 2. The summed E-state index contributed by atoms with van der Waals surface area (Å²) in [6, 6.07) is 9.10. The van der Waals surface area contributed by atoms with Gasteiger partial charge < -0.3 is 9.72 Å². The molecule has 1 saturated carbocycles. The second kappa shape index (κ2) is 7.58. The Labute approximate surface area is 149 Å². The number of nitrogens with one attached hydrogen (secondary N) is 1. The molecule has 0 radical (unpaired) electrons. The van der Waals surface area contributed by atoms with Crippen molar-refractivity contribution >= 4 is 11.0 Å².